The number of H-pyrrole nitrogens is 1. The number of hydrogen-bond acceptors (Lipinski definition) is 5. The third-order valence-corrected chi connectivity index (χ3v) is 4.85. The molecule has 1 atom stereocenters. The number of halogens is 1. The van der Waals surface area contributed by atoms with Gasteiger partial charge in [-0.05, 0) is 30.7 Å². The highest BCUT2D eigenvalue weighted by Crippen LogP contribution is 2.27. The molecule has 0 radical (unpaired) electrons. The minimum absolute atomic E-state index is 0. The molecule has 0 aliphatic carbocycles. The van der Waals surface area contributed by atoms with E-state index in [0.29, 0.717) is 5.95 Å². The molecule has 0 bridgehead atoms. The number of nitrogens with zero attached hydrogens (tertiary/aromatic N) is 4. The molecule has 0 aliphatic rings. The highest BCUT2D eigenvalue weighted by atomic mass is 35.5. The zero-order valence-corrected chi connectivity index (χ0v) is 16.5. The fraction of sp³-hybridized carbons (Fsp3) is 0.0909. The average Bonchev–Trinajstić information content (AvgIpc) is 3.23. The highest BCUT2D eigenvalue weighted by Gasteiger charge is 2.10. The molecule has 7 heteroatoms. The molecule has 3 aromatic heterocycles. The standard InChI is InChI=1S/C22H18N6.ClH/c1-14(15-5-3-2-4-6-15)27-22-24-12-17-11-16(7-8-19(17)28-22)20-18-9-10-23-21(18)26-13-25-20;/h2-14H,1H3,(H,23,25,26)(H,24,27,28);1H. The van der Waals surface area contributed by atoms with Crippen LogP contribution in [0.2, 0.25) is 0 Å². The maximum Gasteiger partial charge on any atom is 0.223 e. The van der Waals surface area contributed by atoms with E-state index in [2.05, 4.69) is 55.4 Å². The van der Waals surface area contributed by atoms with Crippen LogP contribution in [0.4, 0.5) is 5.95 Å². The molecule has 0 aliphatic heterocycles. The predicted molar refractivity (Wildman–Crippen MR) is 118 cm³/mol. The average molecular weight is 403 g/mol. The molecule has 3 heterocycles. The van der Waals surface area contributed by atoms with Gasteiger partial charge in [0, 0.05) is 28.7 Å². The summed E-state index contributed by atoms with van der Waals surface area (Å²) < 4.78 is 0. The topological polar surface area (TPSA) is 79.4 Å². The van der Waals surface area contributed by atoms with Gasteiger partial charge in [-0.25, -0.2) is 19.9 Å². The van der Waals surface area contributed by atoms with Crippen LogP contribution in [0, 0.1) is 0 Å². The molecule has 29 heavy (non-hydrogen) atoms. The number of benzene rings is 2. The Morgan fingerprint density at radius 1 is 0.966 bits per heavy atom. The Hall–Kier alpha value is -3.51. The molecule has 2 N–H and O–H groups in total. The van der Waals surface area contributed by atoms with E-state index in [1.165, 1.54) is 5.56 Å². The van der Waals surface area contributed by atoms with Crippen LogP contribution in [0.3, 0.4) is 0 Å². The smallest absolute Gasteiger partial charge is 0.223 e. The monoisotopic (exact) mass is 402 g/mol. The Labute approximate surface area is 173 Å². The van der Waals surface area contributed by atoms with Gasteiger partial charge in [0.25, 0.3) is 0 Å². The fourth-order valence-electron chi connectivity index (χ4n) is 3.37. The Morgan fingerprint density at radius 3 is 2.69 bits per heavy atom. The Balaban J connectivity index is 0.00000205. The lowest BCUT2D eigenvalue weighted by molar-refractivity contribution is 0.864. The molecule has 5 rings (SSSR count). The van der Waals surface area contributed by atoms with Gasteiger partial charge in [0.15, 0.2) is 0 Å². The Morgan fingerprint density at radius 2 is 1.83 bits per heavy atom. The van der Waals surface area contributed by atoms with Gasteiger partial charge in [-0.1, -0.05) is 36.4 Å². The van der Waals surface area contributed by atoms with Crippen LogP contribution in [-0.2, 0) is 0 Å². The van der Waals surface area contributed by atoms with E-state index in [9.17, 15) is 0 Å². The van der Waals surface area contributed by atoms with Gasteiger partial charge in [0.2, 0.25) is 5.95 Å². The second kappa shape index (κ2) is 7.85. The van der Waals surface area contributed by atoms with E-state index >= 15 is 0 Å². The summed E-state index contributed by atoms with van der Waals surface area (Å²) >= 11 is 0. The second-order valence-corrected chi connectivity index (χ2v) is 6.71. The van der Waals surface area contributed by atoms with E-state index < -0.39 is 0 Å². The summed E-state index contributed by atoms with van der Waals surface area (Å²) in [6.45, 7) is 2.10. The van der Waals surface area contributed by atoms with Crippen molar-refractivity contribution in [3.05, 3.63) is 78.9 Å². The zero-order chi connectivity index (χ0) is 18.9. The lowest BCUT2D eigenvalue weighted by Crippen LogP contribution is -2.09. The van der Waals surface area contributed by atoms with E-state index in [1.807, 2.05) is 48.8 Å². The van der Waals surface area contributed by atoms with E-state index in [4.69, 9.17) is 0 Å². The summed E-state index contributed by atoms with van der Waals surface area (Å²) in [5.74, 6) is 0.617. The van der Waals surface area contributed by atoms with Crippen molar-refractivity contribution in [3.63, 3.8) is 0 Å². The number of rotatable bonds is 4. The largest absolute Gasteiger partial charge is 0.348 e. The van der Waals surface area contributed by atoms with Crippen molar-refractivity contribution in [2.45, 2.75) is 13.0 Å². The number of fused-ring (bicyclic) bond motifs is 2. The van der Waals surface area contributed by atoms with Crippen molar-refractivity contribution in [1.29, 1.82) is 0 Å². The molecule has 0 saturated heterocycles. The highest BCUT2D eigenvalue weighted by molar-refractivity contribution is 5.93. The summed E-state index contributed by atoms with van der Waals surface area (Å²) in [5.41, 5.74) is 4.83. The maximum absolute atomic E-state index is 4.67. The van der Waals surface area contributed by atoms with Crippen LogP contribution in [0.5, 0.6) is 0 Å². The molecule has 0 spiro atoms. The molecule has 5 aromatic rings. The van der Waals surface area contributed by atoms with Crippen molar-refractivity contribution >= 4 is 40.3 Å². The summed E-state index contributed by atoms with van der Waals surface area (Å²) in [4.78, 5) is 21.0. The quantitative estimate of drug-likeness (QED) is 0.434. The van der Waals surface area contributed by atoms with Crippen molar-refractivity contribution in [3.8, 4) is 11.3 Å². The van der Waals surface area contributed by atoms with E-state index in [1.54, 1.807) is 6.33 Å². The van der Waals surface area contributed by atoms with Crippen LogP contribution in [0.15, 0.2) is 73.3 Å². The van der Waals surface area contributed by atoms with E-state index in [-0.39, 0.29) is 18.4 Å². The molecular formula is C22H19ClN6. The van der Waals surface area contributed by atoms with Gasteiger partial charge >= 0.3 is 0 Å². The zero-order valence-electron chi connectivity index (χ0n) is 15.7. The van der Waals surface area contributed by atoms with Gasteiger partial charge in [-0.3, -0.25) is 0 Å². The fourth-order valence-corrected chi connectivity index (χ4v) is 3.37. The first kappa shape index (κ1) is 18.8. The Kier molecular flexibility index (Phi) is 5.10. The van der Waals surface area contributed by atoms with E-state index in [0.717, 1.165) is 33.2 Å². The molecule has 0 amide bonds. The molecular weight excluding hydrogens is 384 g/mol. The molecule has 1 unspecified atom stereocenters. The van der Waals surface area contributed by atoms with Crippen LogP contribution >= 0.6 is 12.4 Å². The van der Waals surface area contributed by atoms with Crippen LogP contribution in [0.1, 0.15) is 18.5 Å². The van der Waals surface area contributed by atoms with Crippen LogP contribution < -0.4 is 5.32 Å². The van der Waals surface area contributed by atoms with Crippen molar-refractivity contribution in [1.82, 2.24) is 24.9 Å². The minimum Gasteiger partial charge on any atom is -0.348 e. The van der Waals surface area contributed by atoms with Crippen LogP contribution in [-0.4, -0.2) is 24.9 Å². The van der Waals surface area contributed by atoms with Gasteiger partial charge in [0.1, 0.15) is 12.0 Å². The minimum atomic E-state index is 0. The molecule has 144 valence electrons. The summed E-state index contributed by atoms with van der Waals surface area (Å²) in [5, 5.41) is 5.34. The van der Waals surface area contributed by atoms with Crippen molar-refractivity contribution in [2.24, 2.45) is 0 Å². The number of nitrogens with one attached hydrogen (secondary N) is 2. The van der Waals surface area contributed by atoms with Gasteiger partial charge in [0.05, 0.1) is 17.3 Å². The SMILES string of the molecule is CC(Nc1ncc2cc(-c3ncnc4[nH]ccc34)ccc2n1)c1ccccc1.Cl. The van der Waals surface area contributed by atoms with Crippen molar-refractivity contribution in [2.75, 3.05) is 5.32 Å². The molecule has 6 nitrogen and oxygen atoms in total. The first-order valence-corrected chi connectivity index (χ1v) is 9.15. The van der Waals surface area contributed by atoms with Crippen molar-refractivity contribution < 1.29 is 0 Å². The third kappa shape index (κ3) is 3.62. The van der Waals surface area contributed by atoms with Gasteiger partial charge in [-0.2, -0.15) is 0 Å². The van der Waals surface area contributed by atoms with Gasteiger partial charge < -0.3 is 10.3 Å². The number of aromatic nitrogens is 5. The second-order valence-electron chi connectivity index (χ2n) is 6.71. The predicted octanol–water partition coefficient (Wildman–Crippen LogP) is 5.16. The summed E-state index contributed by atoms with van der Waals surface area (Å²) in [7, 11) is 0. The first-order valence-electron chi connectivity index (χ1n) is 9.15. The molecule has 0 fully saturated rings. The number of aromatic amines is 1. The summed E-state index contributed by atoms with van der Waals surface area (Å²) in [6.07, 6.45) is 5.30. The maximum atomic E-state index is 4.67. The number of hydrogen-bond donors (Lipinski definition) is 2. The number of anilines is 1. The molecule has 2 aromatic carbocycles. The lowest BCUT2D eigenvalue weighted by Gasteiger charge is -2.14. The van der Waals surface area contributed by atoms with Gasteiger partial charge in [-0.15, -0.1) is 12.4 Å². The lowest BCUT2D eigenvalue weighted by atomic mass is 10.1. The first-order chi connectivity index (χ1) is 13.8. The normalized spacial score (nSPS) is 11.9. The Bertz CT molecular complexity index is 1270. The third-order valence-electron chi connectivity index (χ3n) is 4.85. The van der Waals surface area contributed by atoms with Crippen LogP contribution in [0.25, 0.3) is 33.2 Å². The summed E-state index contributed by atoms with van der Waals surface area (Å²) in [6, 6.07) is 18.5. The molecule has 0 saturated carbocycles.